The minimum atomic E-state index is -0.750. The first-order chi connectivity index (χ1) is 23.2. The number of hydrogen-bond donors (Lipinski definition) is 2. The Morgan fingerprint density at radius 1 is 0.878 bits per heavy atom. The Labute approximate surface area is 345 Å². The summed E-state index contributed by atoms with van der Waals surface area (Å²) in [6, 6.07) is 8.78. The van der Waals surface area contributed by atoms with Crippen molar-refractivity contribution >= 4 is 119 Å². The zero-order chi connectivity index (χ0) is 36.1. The molecule has 262 valence electrons. The molecular formula is C39H45I4N2O4+. The molecule has 0 fully saturated rings. The molecule has 49 heavy (non-hydrogen) atoms. The van der Waals surface area contributed by atoms with Crippen molar-refractivity contribution in [2.24, 2.45) is 5.92 Å². The highest BCUT2D eigenvalue weighted by atomic mass is 127. The van der Waals surface area contributed by atoms with Crippen LogP contribution in [0.1, 0.15) is 83.3 Å². The lowest BCUT2D eigenvalue weighted by Crippen LogP contribution is -2.39. The van der Waals surface area contributed by atoms with Crippen LogP contribution in [0.2, 0.25) is 0 Å². The Bertz CT molecular complexity index is 1760. The van der Waals surface area contributed by atoms with Crippen molar-refractivity contribution in [3.63, 3.8) is 0 Å². The van der Waals surface area contributed by atoms with Gasteiger partial charge in [0.2, 0.25) is 5.69 Å². The third-order valence-corrected chi connectivity index (χ3v) is 13.0. The quantitative estimate of drug-likeness (QED) is 0.0804. The van der Waals surface area contributed by atoms with Crippen LogP contribution in [-0.2, 0) is 20.4 Å². The van der Waals surface area contributed by atoms with Crippen molar-refractivity contribution in [1.82, 2.24) is 0 Å². The number of hydrogen-bond acceptors (Lipinski definition) is 3. The lowest BCUT2D eigenvalue weighted by atomic mass is 9.69. The number of allylic oxidation sites excluding steroid dienone is 8. The highest BCUT2D eigenvalue weighted by Crippen LogP contribution is 2.54. The van der Waals surface area contributed by atoms with Crippen molar-refractivity contribution in [2.45, 2.75) is 83.0 Å². The van der Waals surface area contributed by atoms with E-state index in [-0.39, 0.29) is 11.8 Å². The summed E-state index contributed by atoms with van der Waals surface area (Å²) in [6.45, 7) is 6.53. The molecule has 0 aliphatic carbocycles. The summed E-state index contributed by atoms with van der Waals surface area (Å²) in [5, 5.41) is 19.6. The zero-order valence-electron chi connectivity index (χ0n) is 28.7. The fraction of sp³-hybridized carbons (Fsp3) is 0.410. The normalized spacial score (nSPS) is 21.9. The lowest BCUT2D eigenvalue weighted by Gasteiger charge is -2.35. The van der Waals surface area contributed by atoms with E-state index in [1.54, 1.807) is 0 Å². The predicted molar refractivity (Wildman–Crippen MR) is 235 cm³/mol. The number of unbranched alkanes of at least 4 members (excludes halogenated alkanes) is 3. The number of carboxylic acids is 2. The van der Waals surface area contributed by atoms with E-state index in [1.807, 2.05) is 31.4 Å². The van der Waals surface area contributed by atoms with Crippen molar-refractivity contribution in [3.05, 3.63) is 97.9 Å². The molecule has 0 spiro atoms. The molecule has 3 atom stereocenters. The number of halogens is 4. The number of benzene rings is 2. The van der Waals surface area contributed by atoms with Crippen LogP contribution >= 0.6 is 90.4 Å². The standard InChI is InChI=1S/C39H44I4N2O4/c1-6-7-16-27(37(48)49)39(3)33(45(5)31-24-26(41)22-29(43)36(31)39)18-13-10-8-9-12-17-32-38(2,20-15-11-14-19-34(46)47)35-28(42)21-25(40)23-30(35)44(32)4/h8-10,12-13,17-18,21-24,27H,6-7,11,14-16,19-20H2,1-5H3,(H-,46,47,48,49)/p+1. The van der Waals surface area contributed by atoms with Gasteiger partial charge in [-0.15, -0.1) is 0 Å². The largest absolute Gasteiger partial charge is 0.481 e. The SMILES string of the molecule is CCCCC(C(=O)O)C1(C)/C(=C/C=C/C=C/C=C/C2=[N+](C)c3cc(I)cc(I)c3C2(C)CCCCCC(=O)O)N(C)c2cc(I)cc(I)c21. The van der Waals surface area contributed by atoms with E-state index in [0.717, 1.165) is 56.2 Å². The summed E-state index contributed by atoms with van der Waals surface area (Å²) >= 11 is 9.55. The molecule has 2 aliphatic heterocycles. The number of likely N-dealkylation sites (N-methyl/N-ethyl adjacent to an activating group) is 1. The van der Waals surface area contributed by atoms with Crippen LogP contribution in [0.4, 0.5) is 11.4 Å². The molecule has 2 heterocycles. The van der Waals surface area contributed by atoms with Crippen LogP contribution in [0.5, 0.6) is 0 Å². The molecule has 2 aliphatic rings. The lowest BCUT2D eigenvalue weighted by molar-refractivity contribution is -0.401. The highest BCUT2D eigenvalue weighted by Gasteiger charge is 2.51. The molecule has 0 aromatic heterocycles. The van der Waals surface area contributed by atoms with Crippen molar-refractivity contribution in [1.29, 1.82) is 0 Å². The van der Waals surface area contributed by atoms with E-state index in [4.69, 9.17) is 5.11 Å². The Morgan fingerprint density at radius 3 is 2.16 bits per heavy atom. The number of anilines is 1. The molecule has 2 aromatic carbocycles. The molecule has 6 nitrogen and oxygen atoms in total. The second-order valence-electron chi connectivity index (χ2n) is 13.3. The summed E-state index contributed by atoms with van der Waals surface area (Å²) in [6.07, 6.45) is 20.6. The third kappa shape index (κ3) is 8.69. The first kappa shape index (κ1) is 40.5. The molecule has 0 bridgehead atoms. The fourth-order valence-electron chi connectivity index (χ4n) is 7.61. The van der Waals surface area contributed by atoms with E-state index in [0.29, 0.717) is 12.8 Å². The van der Waals surface area contributed by atoms with E-state index in [2.05, 4.69) is 170 Å². The number of rotatable bonds is 15. The number of fused-ring (bicyclic) bond motifs is 2. The summed E-state index contributed by atoms with van der Waals surface area (Å²) in [5.41, 5.74) is 6.14. The molecule has 0 radical (unpaired) electrons. The van der Waals surface area contributed by atoms with Gasteiger partial charge in [-0.1, -0.05) is 63.0 Å². The smallest absolute Gasteiger partial charge is 0.307 e. The molecule has 2 aromatic rings. The van der Waals surface area contributed by atoms with Gasteiger partial charge in [-0.2, -0.15) is 4.58 Å². The van der Waals surface area contributed by atoms with Gasteiger partial charge < -0.3 is 15.1 Å². The van der Waals surface area contributed by atoms with E-state index in [9.17, 15) is 14.7 Å². The molecule has 2 N–H and O–H groups in total. The fourth-order valence-corrected chi connectivity index (χ4v) is 12.4. The number of carboxylic acid groups (broad SMARTS) is 2. The van der Waals surface area contributed by atoms with Crippen molar-refractivity contribution < 1.29 is 24.4 Å². The molecule has 0 amide bonds. The van der Waals surface area contributed by atoms with Gasteiger partial charge in [0.1, 0.15) is 7.05 Å². The Morgan fingerprint density at radius 2 is 1.51 bits per heavy atom. The van der Waals surface area contributed by atoms with Gasteiger partial charge in [-0.05, 0) is 148 Å². The van der Waals surface area contributed by atoms with Crippen LogP contribution in [-0.4, -0.2) is 46.5 Å². The van der Waals surface area contributed by atoms with E-state index >= 15 is 0 Å². The second kappa shape index (κ2) is 17.5. The monoisotopic (exact) mass is 1110 g/mol. The summed E-state index contributed by atoms with van der Waals surface area (Å²) in [4.78, 5) is 26.0. The van der Waals surface area contributed by atoms with Crippen LogP contribution < -0.4 is 4.90 Å². The number of carbonyl (C=O) groups is 2. The van der Waals surface area contributed by atoms with Gasteiger partial charge in [0, 0.05) is 62.3 Å². The van der Waals surface area contributed by atoms with E-state index in [1.165, 1.54) is 24.1 Å². The minimum Gasteiger partial charge on any atom is -0.481 e. The summed E-state index contributed by atoms with van der Waals surface area (Å²) < 4.78 is 6.99. The number of aliphatic carboxylic acids is 2. The van der Waals surface area contributed by atoms with Crippen LogP contribution in [0, 0.1) is 20.2 Å². The highest BCUT2D eigenvalue weighted by molar-refractivity contribution is 14.1. The maximum atomic E-state index is 12.8. The number of nitrogens with zero attached hydrogens (tertiary/aromatic N) is 2. The molecular weight excluding hydrogens is 1070 g/mol. The topological polar surface area (TPSA) is 80.8 Å². The Kier molecular flexibility index (Phi) is 14.5. The van der Waals surface area contributed by atoms with Crippen LogP contribution in [0.3, 0.4) is 0 Å². The van der Waals surface area contributed by atoms with Crippen molar-refractivity contribution in [2.75, 3.05) is 19.0 Å². The maximum absolute atomic E-state index is 12.8. The first-order valence-electron chi connectivity index (χ1n) is 16.7. The predicted octanol–water partition coefficient (Wildman–Crippen LogP) is 11.0. The van der Waals surface area contributed by atoms with Gasteiger partial charge in [-0.3, -0.25) is 9.59 Å². The van der Waals surface area contributed by atoms with E-state index < -0.39 is 23.3 Å². The van der Waals surface area contributed by atoms with Gasteiger partial charge in [0.05, 0.1) is 16.9 Å². The van der Waals surface area contributed by atoms with Gasteiger partial charge in [0.25, 0.3) is 0 Å². The Balaban J connectivity index is 1.60. The molecule has 0 saturated heterocycles. The van der Waals surface area contributed by atoms with Gasteiger partial charge in [-0.25, -0.2) is 0 Å². The molecule has 4 rings (SSSR count). The van der Waals surface area contributed by atoms with Crippen molar-refractivity contribution in [3.8, 4) is 0 Å². The van der Waals surface area contributed by atoms with Crippen LogP contribution in [0.25, 0.3) is 0 Å². The average Bonchev–Trinajstić information content (AvgIpc) is 3.35. The van der Waals surface area contributed by atoms with Crippen LogP contribution in [0.15, 0.2) is 72.5 Å². The second-order valence-corrected chi connectivity index (χ2v) is 18.1. The zero-order valence-corrected chi connectivity index (χ0v) is 37.3. The minimum absolute atomic E-state index is 0.181. The van der Waals surface area contributed by atoms with Gasteiger partial charge >= 0.3 is 11.9 Å². The summed E-state index contributed by atoms with van der Waals surface area (Å²) in [7, 11) is 4.18. The molecule has 3 unspecified atom stereocenters. The Hall–Kier alpha value is -1.27. The maximum Gasteiger partial charge on any atom is 0.307 e. The molecule has 0 saturated carbocycles. The average molecular weight is 1110 g/mol. The van der Waals surface area contributed by atoms with Gasteiger partial charge in [0.15, 0.2) is 5.71 Å². The third-order valence-electron chi connectivity index (χ3n) is 10.0. The molecule has 10 heteroatoms. The summed E-state index contributed by atoms with van der Waals surface area (Å²) in [5.74, 6) is -2.02. The first-order valence-corrected chi connectivity index (χ1v) is 21.0.